The maximum Gasteiger partial charge on any atom is 0.308 e. The number of carbonyl (C=O) groups is 1. The van der Waals surface area contributed by atoms with E-state index in [9.17, 15) is 9.59 Å². The minimum Gasteiger partial charge on any atom is -0.347 e. The smallest absolute Gasteiger partial charge is 0.308 e. The fraction of sp³-hybridized carbons (Fsp3) is 0.167. The van der Waals surface area contributed by atoms with Gasteiger partial charge in [-0.15, -0.1) is 0 Å². The number of pyridine rings is 1. The molecule has 3 rings (SSSR count). The Morgan fingerprint density at radius 3 is 2.84 bits per heavy atom. The minimum atomic E-state index is -0.264. The second-order valence-corrected chi connectivity index (χ2v) is 6.90. The van der Waals surface area contributed by atoms with Crippen molar-refractivity contribution >= 4 is 28.8 Å². The van der Waals surface area contributed by atoms with Crippen molar-refractivity contribution in [1.82, 2.24) is 14.9 Å². The molecule has 1 N–H and O–H groups in total. The van der Waals surface area contributed by atoms with Crippen LogP contribution in [0.25, 0.3) is 0 Å². The minimum absolute atomic E-state index is 0.170. The molecular formula is C18H16ClN3O2S. The predicted octanol–water partition coefficient (Wildman–Crippen LogP) is 3.24. The van der Waals surface area contributed by atoms with Crippen LogP contribution in [-0.4, -0.2) is 15.5 Å². The summed E-state index contributed by atoms with van der Waals surface area (Å²) in [6.07, 6.45) is 1.68. The summed E-state index contributed by atoms with van der Waals surface area (Å²) in [4.78, 5) is 29.2. The molecule has 0 radical (unpaired) electrons. The molecule has 7 heteroatoms. The van der Waals surface area contributed by atoms with Gasteiger partial charge < -0.3 is 5.32 Å². The van der Waals surface area contributed by atoms with Crippen LogP contribution < -0.4 is 10.2 Å². The highest BCUT2D eigenvalue weighted by Gasteiger charge is 2.17. The predicted molar refractivity (Wildman–Crippen MR) is 99.3 cm³/mol. The van der Waals surface area contributed by atoms with E-state index in [0.29, 0.717) is 28.7 Å². The van der Waals surface area contributed by atoms with Crippen molar-refractivity contribution in [3.63, 3.8) is 0 Å². The molecule has 0 atom stereocenters. The Labute approximate surface area is 153 Å². The van der Waals surface area contributed by atoms with Crippen LogP contribution in [0.3, 0.4) is 0 Å². The highest BCUT2D eigenvalue weighted by molar-refractivity contribution is 7.11. The van der Waals surface area contributed by atoms with Gasteiger partial charge in [-0.1, -0.05) is 41.1 Å². The maximum absolute atomic E-state index is 12.4. The third-order valence-corrected chi connectivity index (χ3v) is 5.05. The van der Waals surface area contributed by atoms with Gasteiger partial charge in [0.25, 0.3) is 5.91 Å². The molecule has 0 spiro atoms. The molecule has 0 fully saturated rings. The van der Waals surface area contributed by atoms with Crippen LogP contribution in [0.4, 0.5) is 0 Å². The summed E-state index contributed by atoms with van der Waals surface area (Å²) in [7, 11) is 0. The van der Waals surface area contributed by atoms with Crippen LogP contribution in [0.1, 0.15) is 26.6 Å². The molecule has 2 heterocycles. The Morgan fingerprint density at radius 2 is 2.12 bits per heavy atom. The molecule has 0 bridgehead atoms. The molecule has 1 aromatic carbocycles. The average molecular weight is 374 g/mol. The zero-order valence-corrected chi connectivity index (χ0v) is 15.1. The Morgan fingerprint density at radius 1 is 1.28 bits per heavy atom. The molecule has 0 saturated carbocycles. The lowest BCUT2D eigenvalue weighted by molar-refractivity contribution is 0.0954. The zero-order valence-electron chi connectivity index (χ0n) is 13.5. The van der Waals surface area contributed by atoms with Gasteiger partial charge in [0.15, 0.2) is 0 Å². The molecule has 0 aliphatic carbocycles. The van der Waals surface area contributed by atoms with E-state index in [0.717, 1.165) is 22.6 Å². The van der Waals surface area contributed by atoms with E-state index in [1.165, 1.54) is 0 Å². The zero-order chi connectivity index (χ0) is 17.8. The van der Waals surface area contributed by atoms with Gasteiger partial charge in [0.05, 0.1) is 12.2 Å². The number of thiazole rings is 1. The summed E-state index contributed by atoms with van der Waals surface area (Å²) in [5.41, 5.74) is 2.32. The van der Waals surface area contributed by atoms with Gasteiger partial charge in [0, 0.05) is 23.5 Å². The van der Waals surface area contributed by atoms with Gasteiger partial charge in [-0.3, -0.25) is 19.1 Å². The van der Waals surface area contributed by atoms with Crippen LogP contribution >= 0.6 is 22.9 Å². The van der Waals surface area contributed by atoms with E-state index in [1.807, 2.05) is 30.3 Å². The molecule has 0 unspecified atom stereocenters. The molecule has 1 amide bonds. The Bertz CT molecular complexity index is 950. The SMILES string of the molecule is Cc1c(C(=O)NCc2cccc(Cl)c2)sc(=O)n1Cc1ccccn1. The lowest BCUT2D eigenvalue weighted by Crippen LogP contribution is -2.23. The average Bonchev–Trinajstić information content (AvgIpc) is 2.89. The van der Waals surface area contributed by atoms with Gasteiger partial charge in [-0.2, -0.15) is 0 Å². The van der Waals surface area contributed by atoms with Crippen molar-refractivity contribution < 1.29 is 4.79 Å². The van der Waals surface area contributed by atoms with Crippen LogP contribution in [0.15, 0.2) is 53.5 Å². The molecule has 128 valence electrons. The second-order valence-electron chi connectivity index (χ2n) is 5.50. The van der Waals surface area contributed by atoms with Crippen molar-refractivity contribution in [2.75, 3.05) is 0 Å². The van der Waals surface area contributed by atoms with E-state index in [2.05, 4.69) is 10.3 Å². The molecule has 25 heavy (non-hydrogen) atoms. The topological polar surface area (TPSA) is 64.0 Å². The molecule has 0 aliphatic rings. The maximum atomic E-state index is 12.4. The Hall–Kier alpha value is -2.44. The Balaban J connectivity index is 1.75. The van der Waals surface area contributed by atoms with Crippen LogP contribution in [0.2, 0.25) is 5.02 Å². The van der Waals surface area contributed by atoms with E-state index in [-0.39, 0.29) is 10.8 Å². The van der Waals surface area contributed by atoms with Crippen LogP contribution in [-0.2, 0) is 13.1 Å². The van der Waals surface area contributed by atoms with Gasteiger partial charge in [-0.05, 0) is 36.8 Å². The highest BCUT2D eigenvalue weighted by atomic mass is 35.5. The van der Waals surface area contributed by atoms with Gasteiger partial charge in [-0.25, -0.2) is 0 Å². The molecule has 0 aliphatic heterocycles. The van der Waals surface area contributed by atoms with Gasteiger partial charge in [0.1, 0.15) is 4.88 Å². The number of nitrogens with zero attached hydrogens (tertiary/aromatic N) is 2. The number of carbonyl (C=O) groups excluding carboxylic acids is 1. The van der Waals surface area contributed by atoms with Gasteiger partial charge >= 0.3 is 4.87 Å². The second kappa shape index (κ2) is 7.63. The van der Waals surface area contributed by atoms with Crippen LogP contribution in [0, 0.1) is 6.92 Å². The summed E-state index contributed by atoms with van der Waals surface area (Å²) >= 11 is 6.89. The lowest BCUT2D eigenvalue weighted by Gasteiger charge is -2.07. The number of hydrogen-bond acceptors (Lipinski definition) is 4. The standard InChI is InChI=1S/C18H16ClN3O2S/c1-12-16(17(23)21-10-13-5-4-6-14(19)9-13)25-18(24)22(12)11-15-7-2-3-8-20-15/h2-9H,10-11H2,1H3,(H,21,23). The van der Waals surface area contributed by atoms with Crippen molar-refractivity contribution in [1.29, 1.82) is 0 Å². The van der Waals surface area contributed by atoms with E-state index in [4.69, 9.17) is 11.6 Å². The first-order valence-corrected chi connectivity index (χ1v) is 8.87. The summed E-state index contributed by atoms with van der Waals surface area (Å²) in [5, 5.41) is 3.45. The fourth-order valence-corrected chi connectivity index (χ4v) is 3.55. The van der Waals surface area contributed by atoms with Gasteiger partial charge in [0.2, 0.25) is 0 Å². The summed E-state index contributed by atoms with van der Waals surface area (Å²) in [6, 6.07) is 12.8. The van der Waals surface area contributed by atoms with E-state index < -0.39 is 0 Å². The Kier molecular flexibility index (Phi) is 5.31. The third-order valence-electron chi connectivity index (χ3n) is 3.74. The molecule has 5 nitrogen and oxygen atoms in total. The molecule has 3 aromatic rings. The lowest BCUT2D eigenvalue weighted by atomic mass is 10.2. The summed E-state index contributed by atoms with van der Waals surface area (Å²) < 4.78 is 1.57. The number of rotatable bonds is 5. The highest BCUT2D eigenvalue weighted by Crippen LogP contribution is 2.14. The number of aromatic nitrogens is 2. The monoisotopic (exact) mass is 373 g/mol. The molecule has 0 saturated heterocycles. The first-order valence-electron chi connectivity index (χ1n) is 7.67. The first kappa shape index (κ1) is 17.4. The normalized spacial score (nSPS) is 10.6. The van der Waals surface area contributed by atoms with Crippen molar-refractivity contribution in [2.45, 2.75) is 20.0 Å². The van der Waals surface area contributed by atoms with Crippen LogP contribution in [0.5, 0.6) is 0 Å². The largest absolute Gasteiger partial charge is 0.347 e. The first-order chi connectivity index (χ1) is 12.0. The van der Waals surface area contributed by atoms with E-state index in [1.54, 1.807) is 29.8 Å². The third kappa shape index (κ3) is 4.15. The summed E-state index contributed by atoms with van der Waals surface area (Å²) in [6.45, 7) is 2.48. The number of hydrogen-bond donors (Lipinski definition) is 1. The number of benzene rings is 1. The molecular weight excluding hydrogens is 358 g/mol. The number of nitrogens with one attached hydrogen (secondary N) is 1. The number of halogens is 1. The van der Waals surface area contributed by atoms with Crippen molar-refractivity contribution in [3.05, 3.63) is 85.2 Å². The molecule has 2 aromatic heterocycles. The van der Waals surface area contributed by atoms with Crippen molar-refractivity contribution in [3.8, 4) is 0 Å². The summed E-state index contributed by atoms with van der Waals surface area (Å²) in [5.74, 6) is -0.264. The number of amides is 1. The van der Waals surface area contributed by atoms with E-state index >= 15 is 0 Å². The quantitative estimate of drug-likeness (QED) is 0.746. The van der Waals surface area contributed by atoms with Crippen molar-refractivity contribution in [2.24, 2.45) is 0 Å². The fourth-order valence-electron chi connectivity index (χ4n) is 2.43.